The van der Waals surface area contributed by atoms with Gasteiger partial charge in [-0.1, -0.05) is 11.3 Å². The van der Waals surface area contributed by atoms with Crippen LogP contribution in [0.25, 0.3) is 10.6 Å². The van der Waals surface area contributed by atoms with Crippen molar-refractivity contribution in [3.8, 4) is 10.6 Å². The monoisotopic (exact) mass is 283 g/mol. The Bertz CT molecular complexity index is 576. The van der Waals surface area contributed by atoms with Gasteiger partial charge < -0.3 is 5.32 Å². The predicted octanol–water partition coefficient (Wildman–Crippen LogP) is 3.37. The molecule has 0 bridgehead atoms. The van der Waals surface area contributed by atoms with Crippen LogP contribution in [0.15, 0.2) is 18.2 Å². The highest BCUT2D eigenvalue weighted by molar-refractivity contribution is 7.14. The summed E-state index contributed by atoms with van der Waals surface area (Å²) in [5, 5.41) is 12.3. The second kappa shape index (κ2) is 5.30. The molecule has 0 spiro atoms. The van der Waals surface area contributed by atoms with Crippen LogP contribution in [0.1, 0.15) is 25.8 Å². The quantitative estimate of drug-likeness (QED) is 0.938. The molecule has 0 fully saturated rings. The lowest BCUT2D eigenvalue weighted by molar-refractivity contribution is 0.423. The Balaban J connectivity index is 2.19. The number of nitrogens with zero attached hydrogens (tertiary/aromatic N) is 2. The molecule has 102 valence electrons. The van der Waals surface area contributed by atoms with E-state index >= 15 is 0 Å². The van der Waals surface area contributed by atoms with Gasteiger partial charge in [-0.05, 0) is 39.0 Å². The molecule has 0 saturated heterocycles. The highest BCUT2D eigenvalue weighted by Crippen LogP contribution is 2.26. The third-order valence-electron chi connectivity index (χ3n) is 2.40. The van der Waals surface area contributed by atoms with Gasteiger partial charge in [0.15, 0.2) is 5.01 Å². The molecule has 0 amide bonds. The highest BCUT2D eigenvalue weighted by Gasteiger charge is 2.14. The maximum absolute atomic E-state index is 13.6. The van der Waals surface area contributed by atoms with Crippen molar-refractivity contribution < 1.29 is 8.78 Å². The topological polar surface area (TPSA) is 37.8 Å². The van der Waals surface area contributed by atoms with E-state index in [1.54, 1.807) is 0 Å². The van der Waals surface area contributed by atoms with Crippen LogP contribution < -0.4 is 5.32 Å². The minimum Gasteiger partial charge on any atom is -0.306 e. The van der Waals surface area contributed by atoms with Gasteiger partial charge in [0, 0.05) is 5.54 Å². The fraction of sp³-hybridized carbons (Fsp3) is 0.385. The van der Waals surface area contributed by atoms with Gasteiger partial charge in [0.2, 0.25) is 0 Å². The summed E-state index contributed by atoms with van der Waals surface area (Å²) in [6.45, 7) is 6.68. The molecule has 3 nitrogen and oxygen atoms in total. The zero-order valence-electron chi connectivity index (χ0n) is 11.0. The molecule has 1 heterocycles. The molecule has 0 saturated carbocycles. The van der Waals surface area contributed by atoms with E-state index in [0.29, 0.717) is 11.6 Å². The van der Waals surface area contributed by atoms with Crippen LogP contribution in [0.4, 0.5) is 8.78 Å². The maximum atomic E-state index is 13.6. The first-order valence-electron chi connectivity index (χ1n) is 5.88. The van der Waals surface area contributed by atoms with E-state index in [1.807, 2.05) is 20.8 Å². The Morgan fingerprint density at radius 1 is 1.21 bits per heavy atom. The van der Waals surface area contributed by atoms with Crippen molar-refractivity contribution in [2.45, 2.75) is 32.9 Å². The molecule has 0 aliphatic carbocycles. The van der Waals surface area contributed by atoms with E-state index in [-0.39, 0.29) is 11.1 Å². The molecule has 1 N–H and O–H groups in total. The smallest absolute Gasteiger partial charge is 0.150 e. The molecule has 0 atom stereocenters. The number of rotatable bonds is 3. The average molecular weight is 283 g/mol. The minimum absolute atomic E-state index is 0.0318. The van der Waals surface area contributed by atoms with Crippen molar-refractivity contribution in [3.05, 3.63) is 34.8 Å². The van der Waals surface area contributed by atoms with Crippen LogP contribution >= 0.6 is 11.3 Å². The van der Waals surface area contributed by atoms with Gasteiger partial charge in [0.1, 0.15) is 16.6 Å². The fourth-order valence-electron chi connectivity index (χ4n) is 1.44. The maximum Gasteiger partial charge on any atom is 0.150 e. The van der Waals surface area contributed by atoms with E-state index in [9.17, 15) is 8.78 Å². The third kappa shape index (κ3) is 3.78. The number of aromatic nitrogens is 2. The summed E-state index contributed by atoms with van der Waals surface area (Å²) in [7, 11) is 0. The van der Waals surface area contributed by atoms with Crippen molar-refractivity contribution in [3.63, 3.8) is 0 Å². The normalized spacial score (nSPS) is 11.8. The molecule has 1 aromatic carbocycles. The van der Waals surface area contributed by atoms with Crippen LogP contribution in [0, 0.1) is 11.6 Å². The highest BCUT2D eigenvalue weighted by atomic mass is 32.1. The van der Waals surface area contributed by atoms with Gasteiger partial charge >= 0.3 is 0 Å². The number of halogens is 2. The van der Waals surface area contributed by atoms with E-state index < -0.39 is 11.6 Å². The standard InChI is InChI=1S/C13H15F2N3S/c1-13(2,3)16-7-11-17-18-12(19-11)9-6-8(14)4-5-10(9)15/h4-6,16H,7H2,1-3H3. The predicted molar refractivity (Wildman–Crippen MR) is 71.9 cm³/mol. The Morgan fingerprint density at radius 3 is 2.63 bits per heavy atom. The molecular formula is C13H15F2N3S. The Morgan fingerprint density at radius 2 is 1.95 bits per heavy atom. The van der Waals surface area contributed by atoms with E-state index in [2.05, 4.69) is 15.5 Å². The van der Waals surface area contributed by atoms with Crippen molar-refractivity contribution in [1.29, 1.82) is 0 Å². The zero-order valence-corrected chi connectivity index (χ0v) is 11.8. The van der Waals surface area contributed by atoms with Crippen LogP contribution in [-0.2, 0) is 6.54 Å². The molecule has 0 aliphatic heterocycles. The lowest BCUT2D eigenvalue weighted by atomic mass is 10.1. The molecule has 0 radical (unpaired) electrons. The van der Waals surface area contributed by atoms with E-state index in [4.69, 9.17) is 0 Å². The van der Waals surface area contributed by atoms with Gasteiger partial charge in [-0.3, -0.25) is 0 Å². The summed E-state index contributed by atoms with van der Waals surface area (Å²) in [6, 6.07) is 3.32. The average Bonchev–Trinajstić information content (AvgIpc) is 2.77. The Kier molecular flexibility index (Phi) is 3.91. The minimum atomic E-state index is -0.493. The van der Waals surface area contributed by atoms with Gasteiger partial charge in [-0.15, -0.1) is 10.2 Å². The van der Waals surface area contributed by atoms with Crippen LogP contribution in [0.5, 0.6) is 0 Å². The molecule has 1 aromatic heterocycles. The SMILES string of the molecule is CC(C)(C)NCc1nnc(-c2cc(F)ccc2F)s1. The van der Waals surface area contributed by atoms with Crippen molar-refractivity contribution >= 4 is 11.3 Å². The van der Waals surface area contributed by atoms with Crippen molar-refractivity contribution in [2.75, 3.05) is 0 Å². The van der Waals surface area contributed by atoms with Gasteiger partial charge in [-0.2, -0.15) is 0 Å². The lowest BCUT2D eigenvalue weighted by Gasteiger charge is -2.19. The van der Waals surface area contributed by atoms with Crippen LogP contribution in [0.3, 0.4) is 0 Å². The Hall–Kier alpha value is -1.40. The first-order valence-corrected chi connectivity index (χ1v) is 6.70. The zero-order chi connectivity index (χ0) is 14.0. The summed E-state index contributed by atoms with van der Waals surface area (Å²) in [4.78, 5) is 0. The first-order chi connectivity index (χ1) is 8.85. The third-order valence-corrected chi connectivity index (χ3v) is 3.35. The van der Waals surface area contributed by atoms with Crippen LogP contribution in [0.2, 0.25) is 0 Å². The molecule has 6 heteroatoms. The molecule has 19 heavy (non-hydrogen) atoms. The molecule has 0 aliphatic rings. The largest absolute Gasteiger partial charge is 0.306 e. The molecule has 2 aromatic rings. The van der Waals surface area contributed by atoms with Gasteiger partial charge in [0.25, 0.3) is 0 Å². The van der Waals surface area contributed by atoms with E-state index in [0.717, 1.165) is 23.2 Å². The van der Waals surface area contributed by atoms with Gasteiger partial charge in [0.05, 0.1) is 12.1 Å². The van der Waals surface area contributed by atoms with Crippen molar-refractivity contribution in [2.24, 2.45) is 0 Å². The van der Waals surface area contributed by atoms with Crippen LogP contribution in [-0.4, -0.2) is 15.7 Å². The summed E-state index contributed by atoms with van der Waals surface area (Å²) < 4.78 is 26.7. The number of nitrogens with one attached hydrogen (secondary N) is 1. The summed E-state index contributed by atoms with van der Waals surface area (Å²) in [5.74, 6) is -0.978. The molecule has 2 rings (SSSR count). The molecule has 0 unspecified atom stereocenters. The van der Waals surface area contributed by atoms with E-state index in [1.165, 1.54) is 11.3 Å². The lowest BCUT2D eigenvalue weighted by Crippen LogP contribution is -2.35. The number of hydrogen-bond donors (Lipinski definition) is 1. The first kappa shape index (κ1) is 14.0. The summed E-state index contributed by atoms with van der Waals surface area (Å²) in [5.41, 5.74) is 0.121. The summed E-state index contributed by atoms with van der Waals surface area (Å²) in [6.07, 6.45) is 0. The Labute approximate surface area is 114 Å². The second-order valence-electron chi connectivity index (χ2n) is 5.23. The van der Waals surface area contributed by atoms with Gasteiger partial charge in [-0.25, -0.2) is 8.78 Å². The van der Waals surface area contributed by atoms with Crippen molar-refractivity contribution in [1.82, 2.24) is 15.5 Å². The summed E-state index contributed by atoms with van der Waals surface area (Å²) >= 11 is 1.26. The number of benzene rings is 1. The molecular weight excluding hydrogens is 268 g/mol. The number of hydrogen-bond acceptors (Lipinski definition) is 4. The second-order valence-corrected chi connectivity index (χ2v) is 6.29. The fourth-order valence-corrected chi connectivity index (χ4v) is 2.23.